The molecule has 1 rings (SSSR count). The second kappa shape index (κ2) is 11.2. The Hall–Kier alpha value is -1.51. The van der Waals surface area contributed by atoms with E-state index in [0.717, 1.165) is 24.1 Å². The molecule has 0 aliphatic carbocycles. The van der Waals surface area contributed by atoms with Gasteiger partial charge in [-0.15, -0.1) is 0 Å². The first-order valence-electron chi connectivity index (χ1n) is 9.91. The molecule has 1 aromatic carbocycles. The number of carbonyl (C=O) groups excluding carboxylic acids is 1. The highest BCUT2D eigenvalue weighted by Crippen LogP contribution is 2.23. The summed E-state index contributed by atoms with van der Waals surface area (Å²) >= 11 is 0. The molecule has 0 atom stereocenters. The predicted molar refractivity (Wildman–Crippen MR) is 107 cm³/mol. The van der Waals surface area contributed by atoms with Crippen molar-refractivity contribution in [1.82, 2.24) is 0 Å². The Morgan fingerprint density at radius 3 is 2.08 bits per heavy atom. The number of nitrogens with zero attached hydrogens (tertiary/aromatic N) is 1. The average molecular weight is 348 g/mol. The molecule has 0 radical (unpaired) electrons. The average Bonchev–Trinajstić information content (AvgIpc) is 2.53. The monoisotopic (exact) mass is 347 g/mol. The molecule has 0 unspecified atom stereocenters. The summed E-state index contributed by atoms with van der Waals surface area (Å²) in [6.45, 7) is 10.7. The van der Waals surface area contributed by atoms with Gasteiger partial charge in [-0.3, -0.25) is 4.90 Å². The van der Waals surface area contributed by atoms with Crippen LogP contribution in [-0.4, -0.2) is 18.2 Å². The van der Waals surface area contributed by atoms with Gasteiger partial charge < -0.3 is 4.74 Å². The maximum Gasteiger partial charge on any atom is 0.414 e. The van der Waals surface area contributed by atoms with Gasteiger partial charge in [0.15, 0.2) is 0 Å². The standard InChI is InChI=1S/C22H37NO2/c1-6-7-8-9-10-11-12-15-18-23(21(24)25-22(3,4)5)20-17-14-13-16-19(20)2/h13-14,16-17H,6-12,15,18H2,1-5H3. The van der Waals surface area contributed by atoms with E-state index in [4.69, 9.17) is 4.74 Å². The molecule has 1 amide bonds. The van der Waals surface area contributed by atoms with E-state index in [1.165, 1.54) is 38.5 Å². The molecule has 0 bridgehead atoms. The van der Waals surface area contributed by atoms with Crippen LogP contribution in [0.2, 0.25) is 0 Å². The normalized spacial score (nSPS) is 11.4. The molecule has 0 saturated heterocycles. The predicted octanol–water partition coefficient (Wildman–Crippen LogP) is 6.88. The molecule has 0 saturated carbocycles. The molecule has 0 fully saturated rings. The lowest BCUT2D eigenvalue weighted by Crippen LogP contribution is -2.37. The third-order valence-electron chi connectivity index (χ3n) is 4.26. The Kier molecular flexibility index (Phi) is 9.62. The highest BCUT2D eigenvalue weighted by molar-refractivity contribution is 5.88. The van der Waals surface area contributed by atoms with Crippen LogP contribution in [0.3, 0.4) is 0 Å². The number of rotatable bonds is 10. The zero-order valence-corrected chi connectivity index (χ0v) is 16.9. The number of benzene rings is 1. The van der Waals surface area contributed by atoms with Crippen molar-refractivity contribution in [3.63, 3.8) is 0 Å². The Labute approximate surface area is 154 Å². The minimum absolute atomic E-state index is 0.246. The summed E-state index contributed by atoms with van der Waals surface area (Å²) in [7, 11) is 0. The van der Waals surface area contributed by atoms with Gasteiger partial charge in [-0.1, -0.05) is 70.1 Å². The summed E-state index contributed by atoms with van der Waals surface area (Å²) in [5.74, 6) is 0. The van der Waals surface area contributed by atoms with Crippen LogP contribution in [0.15, 0.2) is 24.3 Å². The molecule has 142 valence electrons. The molecular formula is C22H37NO2. The van der Waals surface area contributed by atoms with Crippen LogP contribution in [0.25, 0.3) is 0 Å². The summed E-state index contributed by atoms with van der Waals surface area (Å²) in [5, 5.41) is 0. The van der Waals surface area contributed by atoms with Crippen molar-refractivity contribution >= 4 is 11.8 Å². The van der Waals surface area contributed by atoms with E-state index in [9.17, 15) is 4.79 Å². The van der Waals surface area contributed by atoms with E-state index in [0.29, 0.717) is 6.54 Å². The van der Waals surface area contributed by atoms with Gasteiger partial charge in [0.05, 0.1) is 0 Å². The Morgan fingerprint density at radius 1 is 0.960 bits per heavy atom. The summed E-state index contributed by atoms with van der Waals surface area (Å²) in [5.41, 5.74) is 1.59. The van der Waals surface area contributed by atoms with E-state index >= 15 is 0 Å². The minimum atomic E-state index is -0.475. The first kappa shape index (κ1) is 21.5. The molecule has 0 N–H and O–H groups in total. The topological polar surface area (TPSA) is 29.5 Å². The number of aryl methyl sites for hydroxylation is 1. The molecule has 3 heteroatoms. The third kappa shape index (κ3) is 8.94. The number of ether oxygens (including phenoxy) is 1. The van der Waals surface area contributed by atoms with Gasteiger partial charge >= 0.3 is 6.09 Å². The zero-order valence-electron chi connectivity index (χ0n) is 16.9. The quantitative estimate of drug-likeness (QED) is 0.432. The molecule has 0 aliphatic rings. The fraction of sp³-hybridized carbons (Fsp3) is 0.682. The number of anilines is 1. The lowest BCUT2D eigenvalue weighted by atomic mass is 10.1. The van der Waals surface area contributed by atoms with Crippen molar-refractivity contribution < 1.29 is 9.53 Å². The molecular weight excluding hydrogens is 310 g/mol. The number of amides is 1. The Balaban J connectivity index is 2.55. The van der Waals surface area contributed by atoms with E-state index in [-0.39, 0.29) is 6.09 Å². The summed E-state index contributed by atoms with van der Waals surface area (Å²) in [6, 6.07) is 8.03. The third-order valence-corrected chi connectivity index (χ3v) is 4.26. The Morgan fingerprint density at radius 2 is 1.52 bits per heavy atom. The summed E-state index contributed by atoms with van der Waals surface area (Å²) < 4.78 is 5.62. The maximum atomic E-state index is 12.7. The van der Waals surface area contributed by atoms with Crippen molar-refractivity contribution in [1.29, 1.82) is 0 Å². The number of hydrogen-bond donors (Lipinski definition) is 0. The van der Waals surface area contributed by atoms with Crippen molar-refractivity contribution in [3.05, 3.63) is 29.8 Å². The molecule has 3 nitrogen and oxygen atoms in total. The van der Waals surface area contributed by atoms with E-state index in [1.807, 2.05) is 52.0 Å². The van der Waals surface area contributed by atoms with Crippen molar-refractivity contribution in [2.45, 2.75) is 91.6 Å². The second-order valence-corrected chi connectivity index (χ2v) is 7.89. The second-order valence-electron chi connectivity index (χ2n) is 7.89. The number of unbranched alkanes of at least 4 members (excludes halogenated alkanes) is 7. The van der Waals surface area contributed by atoms with E-state index in [2.05, 4.69) is 6.92 Å². The maximum absolute atomic E-state index is 12.7. The van der Waals surface area contributed by atoms with Gasteiger partial charge in [0.25, 0.3) is 0 Å². The van der Waals surface area contributed by atoms with Gasteiger partial charge in [0.2, 0.25) is 0 Å². The van der Waals surface area contributed by atoms with Gasteiger partial charge in [-0.25, -0.2) is 4.79 Å². The van der Waals surface area contributed by atoms with Gasteiger partial charge in [-0.2, -0.15) is 0 Å². The molecule has 0 spiro atoms. The van der Waals surface area contributed by atoms with Gasteiger partial charge in [-0.05, 0) is 45.7 Å². The molecule has 0 aliphatic heterocycles. The first-order valence-corrected chi connectivity index (χ1v) is 9.91. The lowest BCUT2D eigenvalue weighted by molar-refractivity contribution is 0.0579. The molecule has 0 aromatic heterocycles. The van der Waals surface area contributed by atoms with Crippen LogP contribution >= 0.6 is 0 Å². The zero-order chi connectivity index (χ0) is 18.7. The lowest BCUT2D eigenvalue weighted by Gasteiger charge is -2.28. The molecule has 1 aromatic rings. The van der Waals surface area contributed by atoms with E-state index in [1.54, 1.807) is 4.90 Å². The number of hydrogen-bond acceptors (Lipinski definition) is 2. The smallest absolute Gasteiger partial charge is 0.414 e. The Bertz CT molecular complexity index is 505. The van der Waals surface area contributed by atoms with Crippen LogP contribution in [0.5, 0.6) is 0 Å². The SMILES string of the molecule is CCCCCCCCCCN(C(=O)OC(C)(C)C)c1ccccc1C. The summed E-state index contributed by atoms with van der Waals surface area (Å²) in [6.07, 6.45) is 9.81. The highest BCUT2D eigenvalue weighted by atomic mass is 16.6. The minimum Gasteiger partial charge on any atom is -0.443 e. The van der Waals surface area contributed by atoms with Crippen LogP contribution in [0.4, 0.5) is 10.5 Å². The fourth-order valence-electron chi connectivity index (χ4n) is 2.90. The van der Waals surface area contributed by atoms with Crippen molar-refractivity contribution in [2.24, 2.45) is 0 Å². The summed E-state index contributed by atoms with van der Waals surface area (Å²) in [4.78, 5) is 14.5. The van der Waals surface area contributed by atoms with Crippen LogP contribution < -0.4 is 4.90 Å². The molecule has 25 heavy (non-hydrogen) atoms. The number of para-hydroxylation sites is 1. The number of carbonyl (C=O) groups is 1. The van der Waals surface area contributed by atoms with Gasteiger partial charge in [0.1, 0.15) is 5.60 Å². The van der Waals surface area contributed by atoms with Crippen molar-refractivity contribution in [2.75, 3.05) is 11.4 Å². The largest absolute Gasteiger partial charge is 0.443 e. The first-order chi connectivity index (χ1) is 11.8. The van der Waals surface area contributed by atoms with Gasteiger partial charge in [0, 0.05) is 12.2 Å². The highest BCUT2D eigenvalue weighted by Gasteiger charge is 2.23. The molecule has 0 heterocycles. The van der Waals surface area contributed by atoms with E-state index < -0.39 is 5.60 Å². The van der Waals surface area contributed by atoms with Crippen LogP contribution in [0, 0.1) is 6.92 Å². The van der Waals surface area contributed by atoms with Crippen molar-refractivity contribution in [3.8, 4) is 0 Å². The van der Waals surface area contributed by atoms with Crippen LogP contribution in [0.1, 0.15) is 84.6 Å². The fourth-order valence-corrected chi connectivity index (χ4v) is 2.90. The van der Waals surface area contributed by atoms with Crippen LogP contribution in [-0.2, 0) is 4.74 Å².